The largest absolute Gasteiger partial charge is 0.207 e. The molecule has 0 aliphatic heterocycles. The number of hydrogen-bond donors (Lipinski definition) is 0. The topological polar surface area (TPSA) is 0 Å². The van der Waals surface area contributed by atoms with Crippen molar-refractivity contribution in [1.82, 2.24) is 0 Å². The molecule has 0 spiro atoms. The summed E-state index contributed by atoms with van der Waals surface area (Å²) in [5.41, 5.74) is 8.01. The van der Waals surface area contributed by atoms with Crippen LogP contribution in [0.5, 0.6) is 0 Å². The summed E-state index contributed by atoms with van der Waals surface area (Å²) >= 11 is 5.29. The number of thioether (sulfide) groups is 3. The average molecular weight is 539 g/mol. The minimum Gasteiger partial charge on any atom is -0.130 e. The molecule has 188 valence electrons. The molecule has 0 radical (unpaired) electrons. The summed E-state index contributed by atoms with van der Waals surface area (Å²) in [6, 6.07) is 35.2. The Morgan fingerprint density at radius 3 is 1.35 bits per heavy atom. The molecule has 4 aromatic carbocycles. The zero-order chi connectivity index (χ0) is 26.6. The van der Waals surface area contributed by atoms with Gasteiger partial charge in [0.1, 0.15) is 0 Å². The Balaban J connectivity index is 0.000000479. The quantitative estimate of drug-likeness (QED) is 0.125. The number of rotatable bonds is 8. The van der Waals surface area contributed by atoms with E-state index in [1.165, 1.54) is 43.0 Å². The Morgan fingerprint density at radius 2 is 1.00 bits per heavy atom. The van der Waals surface area contributed by atoms with Crippen LogP contribution in [0.3, 0.4) is 0 Å². The van der Waals surface area contributed by atoms with Crippen molar-refractivity contribution in [2.45, 2.75) is 23.5 Å². The third-order valence-electron chi connectivity index (χ3n) is 6.26. The SMILES string of the molecule is C=C(/C=C\C)SC.CSc1ccccc1-c1ccccc1B(C)c1ccccc1-c1ccccc1SC. The lowest BCUT2D eigenvalue weighted by Crippen LogP contribution is -2.41. The van der Waals surface area contributed by atoms with E-state index in [4.69, 9.17) is 0 Å². The zero-order valence-corrected chi connectivity index (χ0v) is 24.9. The second-order valence-corrected chi connectivity index (χ2v) is 11.1. The van der Waals surface area contributed by atoms with Gasteiger partial charge in [-0.25, -0.2) is 0 Å². The van der Waals surface area contributed by atoms with Crippen molar-refractivity contribution in [3.63, 3.8) is 0 Å². The molecule has 37 heavy (non-hydrogen) atoms. The second-order valence-electron chi connectivity index (χ2n) is 8.47. The van der Waals surface area contributed by atoms with Gasteiger partial charge in [-0.2, -0.15) is 0 Å². The molecule has 0 saturated carbocycles. The van der Waals surface area contributed by atoms with Crippen LogP contribution in [-0.4, -0.2) is 25.5 Å². The first kappa shape index (κ1) is 29.0. The van der Waals surface area contributed by atoms with Crippen molar-refractivity contribution in [3.05, 3.63) is 121 Å². The van der Waals surface area contributed by atoms with E-state index in [1.807, 2.05) is 48.9 Å². The van der Waals surface area contributed by atoms with E-state index in [0.717, 1.165) is 4.91 Å². The van der Waals surface area contributed by atoms with E-state index >= 15 is 0 Å². The highest BCUT2D eigenvalue weighted by Crippen LogP contribution is 2.31. The maximum Gasteiger partial charge on any atom is 0.207 e. The van der Waals surface area contributed by atoms with Crippen molar-refractivity contribution in [3.8, 4) is 22.3 Å². The normalized spacial score (nSPS) is 10.6. The number of benzene rings is 4. The van der Waals surface area contributed by atoms with Gasteiger partial charge in [-0.1, -0.05) is 121 Å². The van der Waals surface area contributed by atoms with E-state index < -0.39 is 0 Å². The number of hydrogen-bond acceptors (Lipinski definition) is 3. The Hall–Kier alpha value is -2.53. The first-order valence-corrected chi connectivity index (χ1v) is 16.0. The Bertz CT molecular complexity index is 1250. The molecule has 0 fully saturated rings. The van der Waals surface area contributed by atoms with Gasteiger partial charge in [-0.05, 0) is 65.0 Å². The van der Waals surface area contributed by atoms with Gasteiger partial charge in [-0.15, -0.1) is 35.3 Å². The van der Waals surface area contributed by atoms with E-state index in [0.29, 0.717) is 0 Å². The van der Waals surface area contributed by atoms with E-state index in [2.05, 4.69) is 123 Å². The van der Waals surface area contributed by atoms with Crippen LogP contribution in [0.4, 0.5) is 0 Å². The van der Waals surface area contributed by atoms with E-state index in [1.54, 1.807) is 11.8 Å². The van der Waals surface area contributed by atoms with Gasteiger partial charge in [0.15, 0.2) is 0 Å². The lowest BCUT2D eigenvalue weighted by molar-refractivity contribution is 1.45. The van der Waals surface area contributed by atoms with E-state index in [9.17, 15) is 0 Å². The highest BCUT2D eigenvalue weighted by atomic mass is 32.2. The van der Waals surface area contributed by atoms with Crippen molar-refractivity contribution in [1.29, 1.82) is 0 Å². The van der Waals surface area contributed by atoms with Crippen molar-refractivity contribution >= 4 is 52.9 Å². The molecule has 0 aliphatic carbocycles. The van der Waals surface area contributed by atoms with Gasteiger partial charge in [0.25, 0.3) is 0 Å². The summed E-state index contributed by atoms with van der Waals surface area (Å²) in [6.45, 7) is 8.34. The molecule has 0 nitrogen and oxygen atoms in total. The summed E-state index contributed by atoms with van der Waals surface area (Å²) in [6.07, 6.45) is 10.3. The molecule has 0 N–H and O–H groups in total. The van der Waals surface area contributed by atoms with Gasteiger partial charge in [0, 0.05) is 9.79 Å². The maximum absolute atomic E-state index is 3.74. The molecule has 0 unspecified atom stereocenters. The van der Waals surface area contributed by atoms with Gasteiger partial charge in [0.2, 0.25) is 6.71 Å². The molecule has 0 atom stereocenters. The van der Waals surface area contributed by atoms with Crippen LogP contribution in [0.15, 0.2) is 130 Å². The lowest BCUT2D eigenvalue weighted by Gasteiger charge is -2.20. The average Bonchev–Trinajstić information content (AvgIpc) is 2.97. The molecule has 0 heterocycles. The lowest BCUT2D eigenvalue weighted by atomic mass is 9.40. The van der Waals surface area contributed by atoms with Gasteiger partial charge in [-0.3, -0.25) is 0 Å². The summed E-state index contributed by atoms with van der Waals surface area (Å²) in [5, 5.41) is 0. The van der Waals surface area contributed by atoms with Crippen molar-refractivity contribution in [2.24, 2.45) is 0 Å². The Morgan fingerprint density at radius 1 is 0.622 bits per heavy atom. The van der Waals surface area contributed by atoms with Crippen LogP contribution in [0, 0.1) is 0 Å². The minimum absolute atomic E-state index is 0.280. The van der Waals surface area contributed by atoms with Gasteiger partial charge in [0.05, 0.1) is 0 Å². The summed E-state index contributed by atoms with van der Waals surface area (Å²) < 4.78 is 0. The first-order valence-electron chi connectivity index (χ1n) is 12.4. The highest BCUT2D eigenvalue weighted by molar-refractivity contribution is 8.02. The number of allylic oxidation sites excluding steroid dienone is 2. The van der Waals surface area contributed by atoms with Gasteiger partial charge < -0.3 is 0 Å². The molecule has 0 amide bonds. The van der Waals surface area contributed by atoms with Crippen LogP contribution in [0.25, 0.3) is 22.3 Å². The smallest absolute Gasteiger partial charge is 0.130 e. The van der Waals surface area contributed by atoms with Crippen LogP contribution < -0.4 is 10.9 Å². The Kier molecular flexibility index (Phi) is 11.8. The van der Waals surface area contributed by atoms with Gasteiger partial charge >= 0.3 is 0 Å². The maximum atomic E-state index is 3.74. The van der Waals surface area contributed by atoms with Crippen LogP contribution in [0.2, 0.25) is 6.82 Å². The van der Waals surface area contributed by atoms with Crippen LogP contribution >= 0.6 is 35.3 Å². The zero-order valence-electron chi connectivity index (χ0n) is 22.4. The van der Waals surface area contributed by atoms with Crippen LogP contribution in [0.1, 0.15) is 6.92 Å². The first-order chi connectivity index (χ1) is 18.0. The standard InChI is InChI=1S/C27H25BS2.C6H10S/c1-28(24-16-8-4-12-20(24)22-14-6-10-18-26(22)29-2)25-17-9-5-13-21(25)23-15-7-11-19-27(23)30-3;1-4-5-6(2)7-3/h4-19H,1-3H3;4-5H,2H2,1,3H3/b;5-4-. The van der Waals surface area contributed by atoms with Crippen LogP contribution in [-0.2, 0) is 0 Å². The summed E-state index contributed by atoms with van der Waals surface area (Å²) in [4.78, 5) is 3.75. The monoisotopic (exact) mass is 538 g/mol. The molecular weight excluding hydrogens is 503 g/mol. The molecule has 0 aromatic heterocycles. The molecule has 0 saturated heterocycles. The molecule has 4 aromatic rings. The molecule has 4 rings (SSSR count). The fraction of sp³-hybridized carbons (Fsp3) is 0.152. The molecule has 0 bridgehead atoms. The highest BCUT2D eigenvalue weighted by Gasteiger charge is 2.22. The predicted octanol–water partition coefficient (Wildman–Crippen LogP) is 9.14. The third-order valence-corrected chi connectivity index (χ3v) is 8.52. The second kappa shape index (κ2) is 15.0. The fourth-order valence-electron chi connectivity index (χ4n) is 4.40. The van der Waals surface area contributed by atoms with Crippen molar-refractivity contribution in [2.75, 3.05) is 18.8 Å². The molecular formula is C33H35BS3. The summed E-state index contributed by atoms with van der Waals surface area (Å²) in [7, 11) is 0. The predicted molar refractivity (Wildman–Crippen MR) is 176 cm³/mol. The molecule has 4 heteroatoms. The summed E-state index contributed by atoms with van der Waals surface area (Å²) in [5.74, 6) is 0. The fourth-order valence-corrected chi connectivity index (χ4v) is 5.89. The van der Waals surface area contributed by atoms with E-state index in [-0.39, 0.29) is 6.71 Å². The third kappa shape index (κ3) is 7.50. The molecule has 0 aliphatic rings. The Labute approximate surface area is 237 Å². The minimum atomic E-state index is 0.280. The van der Waals surface area contributed by atoms with Crippen molar-refractivity contribution < 1.29 is 0 Å².